The molecule has 0 saturated carbocycles. The smallest absolute Gasteiger partial charge is 0.256 e. The molecule has 228 valence electrons. The molecule has 2 aromatic carbocycles. The monoisotopic (exact) mass is 619 g/mol. The molecule has 5 rings (SSSR count). The summed E-state index contributed by atoms with van der Waals surface area (Å²) in [6, 6.07) is 12.3. The molecule has 2 aliphatic rings. The molecule has 3 aromatic rings. The third-order valence-corrected chi connectivity index (χ3v) is 7.22. The Labute approximate surface area is 258 Å². The molecule has 0 unspecified atom stereocenters. The second-order valence-electron chi connectivity index (χ2n) is 10.5. The second kappa shape index (κ2) is 14.7. The van der Waals surface area contributed by atoms with Gasteiger partial charge in [0.05, 0.1) is 18.8 Å². The van der Waals surface area contributed by atoms with Gasteiger partial charge in [-0.3, -0.25) is 14.6 Å². The Hall–Kier alpha value is -3.38. The molecule has 13 heteroatoms. The summed E-state index contributed by atoms with van der Waals surface area (Å²) in [6.45, 7) is 8.76. The molecule has 0 fully saturated rings. The first-order valence-corrected chi connectivity index (χ1v) is 13.7. The van der Waals surface area contributed by atoms with Crippen molar-refractivity contribution < 1.29 is 18.8 Å². The quantitative estimate of drug-likeness (QED) is 0.333. The molecule has 0 saturated heterocycles. The predicted molar refractivity (Wildman–Crippen MR) is 165 cm³/mol. The molecule has 2 amide bonds. The molecule has 11 nitrogen and oxygen atoms in total. The lowest BCUT2D eigenvalue weighted by Crippen LogP contribution is -2.49. The van der Waals surface area contributed by atoms with Crippen LogP contribution in [-0.4, -0.2) is 82.7 Å². The van der Waals surface area contributed by atoms with Crippen LogP contribution < -0.4 is 15.4 Å². The van der Waals surface area contributed by atoms with Crippen molar-refractivity contribution in [2.45, 2.75) is 46.3 Å². The zero-order valence-electron chi connectivity index (χ0n) is 24.4. The highest BCUT2D eigenvalue weighted by Crippen LogP contribution is 2.37. The number of fused-ring (bicyclic) bond motifs is 2. The van der Waals surface area contributed by atoms with Gasteiger partial charge in [0, 0.05) is 63.7 Å². The number of anilines is 1. The summed E-state index contributed by atoms with van der Waals surface area (Å²) in [5, 5.41) is 14.3. The number of amides is 2. The topological polar surface area (TPSA) is 116 Å². The van der Waals surface area contributed by atoms with Crippen LogP contribution in [0, 0.1) is 6.92 Å². The Morgan fingerprint density at radius 1 is 1.07 bits per heavy atom. The lowest BCUT2D eigenvalue weighted by molar-refractivity contribution is -0.151. The van der Waals surface area contributed by atoms with Crippen molar-refractivity contribution in [3.8, 4) is 17.1 Å². The molecule has 2 aliphatic heterocycles. The number of aryl methyl sites for hydroxylation is 1. The minimum absolute atomic E-state index is 0. The van der Waals surface area contributed by atoms with Gasteiger partial charge in [0.2, 0.25) is 17.6 Å². The van der Waals surface area contributed by atoms with Crippen LogP contribution >= 0.6 is 24.8 Å². The molecular formula is C29H39Cl2N7O4. The first kappa shape index (κ1) is 33.1. The number of aromatic nitrogens is 2. The Kier molecular flexibility index (Phi) is 11.6. The largest absolute Gasteiger partial charge is 0.491 e. The highest BCUT2D eigenvalue weighted by molar-refractivity contribution is 5.87. The summed E-state index contributed by atoms with van der Waals surface area (Å²) in [7, 11) is 1.77. The van der Waals surface area contributed by atoms with Gasteiger partial charge in [0.1, 0.15) is 12.3 Å². The number of benzene rings is 2. The molecule has 3 heterocycles. The number of hydrazine groups is 1. The number of nitrogens with zero attached hydrogens (tertiary/aromatic N) is 5. The third kappa shape index (κ3) is 7.71. The highest BCUT2D eigenvalue weighted by Gasteiger charge is 2.27. The minimum atomic E-state index is -0.176. The Morgan fingerprint density at radius 3 is 2.43 bits per heavy atom. The average molecular weight is 621 g/mol. The molecule has 1 aromatic heterocycles. The molecule has 2 N–H and O–H groups in total. The van der Waals surface area contributed by atoms with E-state index in [4.69, 9.17) is 9.26 Å². The number of carbonyl (C=O) groups is 2. The Bertz CT molecular complexity index is 1360. The normalized spacial score (nSPS) is 13.5. The molecule has 42 heavy (non-hydrogen) atoms. The van der Waals surface area contributed by atoms with Gasteiger partial charge < -0.3 is 24.8 Å². The van der Waals surface area contributed by atoms with E-state index in [2.05, 4.69) is 46.8 Å². The third-order valence-electron chi connectivity index (χ3n) is 7.22. The van der Waals surface area contributed by atoms with Crippen LogP contribution in [0.15, 0.2) is 40.9 Å². The standard InChI is InChI=1S/C29H37N7O4.2ClH/c1-19(2)30-10-11-35(18-27(38)34(4)36-16-22-7-5-6-8-23(22)17-36)26(37)15-31-25-14-24(29-32-20(3)40-33-29)13-21-9-12-39-28(21)25;;/h5-8,13-14,19,30-31H,9-12,15-18H2,1-4H3;2*1H. The fourth-order valence-electron chi connectivity index (χ4n) is 5.00. The van der Waals surface area contributed by atoms with Crippen molar-refractivity contribution in [3.05, 3.63) is 59.0 Å². The predicted octanol–water partition coefficient (Wildman–Crippen LogP) is 3.45. The second-order valence-corrected chi connectivity index (χ2v) is 10.5. The Balaban J connectivity index is 0.00000242. The van der Waals surface area contributed by atoms with Gasteiger partial charge in [0.25, 0.3) is 5.91 Å². The van der Waals surface area contributed by atoms with Crippen molar-refractivity contribution in [2.75, 3.05) is 45.2 Å². The molecular weight excluding hydrogens is 581 g/mol. The van der Waals surface area contributed by atoms with Crippen LogP contribution in [0.4, 0.5) is 5.69 Å². The highest BCUT2D eigenvalue weighted by atomic mass is 35.5. The van der Waals surface area contributed by atoms with Crippen LogP contribution in [0.3, 0.4) is 0 Å². The number of hydrogen-bond donors (Lipinski definition) is 2. The van der Waals surface area contributed by atoms with Crippen molar-refractivity contribution in [1.82, 2.24) is 30.4 Å². The number of rotatable bonds is 11. The first-order chi connectivity index (χ1) is 19.3. The molecule has 0 bridgehead atoms. The van der Waals surface area contributed by atoms with E-state index in [0.29, 0.717) is 50.2 Å². The zero-order valence-corrected chi connectivity index (χ0v) is 26.0. The van der Waals surface area contributed by atoms with E-state index < -0.39 is 0 Å². The first-order valence-electron chi connectivity index (χ1n) is 13.7. The van der Waals surface area contributed by atoms with Crippen LogP contribution in [-0.2, 0) is 29.1 Å². The summed E-state index contributed by atoms with van der Waals surface area (Å²) in [5.41, 5.74) is 4.94. The number of halogens is 2. The van der Waals surface area contributed by atoms with Crippen molar-refractivity contribution in [1.29, 1.82) is 0 Å². The average Bonchev–Trinajstić information content (AvgIpc) is 3.69. The van der Waals surface area contributed by atoms with E-state index in [0.717, 1.165) is 23.3 Å². The van der Waals surface area contributed by atoms with E-state index >= 15 is 0 Å². The number of nitrogens with one attached hydrogen (secondary N) is 2. The van der Waals surface area contributed by atoms with E-state index in [1.54, 1.807) is 23.9 Å². The summed E-state index contributed by atoms with van der Waals surface area (Å²) < 4.78 is 11.0. The van der Waals surface area contributed by atoms with Crippen LogP contribution in [0.2, 0.25) is 0 Å². The summed E-state index contributed by atoms with van der Waals surface area (Å²) in [5.74, 6) is 1.39. The number of hydrogen-bond acceptors (Lipinski definition) is 9. The maximum Gasteiger partial charge on any atom is 0.256 e. The SMILES string of the molecule is Cc1nc(-c2cc3c(c(NCC(=O)N(CCNC(C)C)CC(=O)N(C)N4Cc5ccccc5C4)c2)OCC3)no1.Cl.Cl. The maximum absolute atomic E-state index is 13.5. The van der Waals surface area contributed by atoms with Gasteiger partial charge in [-0.2, -0.15) is 4.98 Å². The molecule has 0 atom stereocenters. The van der Waals surface area contributed by atoms with Gasteiger partial charge in [-0.25, -0.2) is 5.01 Å². The zero-order chi connectivity index (χ0) is 28.2. The van der Waals surface area contributed by atoms with Crippen LogP contribution in [0.5, 0.6) is 5.75 Å². The van der Waals surface area contributed by atoms with Gasteiger partial charge in [0.15, 0.2) is 0 Å². The summed E-state index contributed by atoms with van der Waals surface area (Å²) >= 11 is 0. The number of carbonyl (C=O) groups excluding carboxylic acids is 2. The van der Waals surface area contributed by atoms with Gasteiger partial charge in [-0.1, -0.05) is 43.3 Å². The Morgan fingerprint density at radius 2 is 1.79 bits per heavy atom. The van der Waals surface area contributed by atoms with Crippen LogP contribution in [0.25, 0.3) is 11.4 Å². The maximum atomic E-state index is 13.5. The minimum Gasteiger partial charge on any atom is -0.491 e. The number of ether oxygens (including phenoxy) is 1. The van der Waals surface area contributed by atoms with Gasteiger partial charge in [-0.05, 0) is 23.3 Å². The van der Waals surface area contributed by atoms with Gasteiger partial charge in [-0.15, -0.1) is 24.8 Å². The fraction of sp³-hybridized carbons (Fsp3) is 0.448. The molecule has 0 aliphatic carbocycles. The van der Waals surface area contributed by atoms with Gasteiger partial charge >= 0.3 is 0 Å². The van der Waals surface area contributed by atoms with Crippen molar-refractivity contribution in [3.63, 3.8) is 0 Å². The molecule has 0 spiro atoms. The van der Waals surface area contributed by atoms with Crippen molar-refractivity contribution in [2.24, 2.45) is 0 Å². The lowest BCUT2D eigenvalue weighted by Gasteiger charge is -2.31. The van der Waals surface area contributed by atoms with Crippen LogP contribution in [0.1, 0.15) is 36.4 Å². The van der Waals surface area contributed by atoms with E-state index in [-0.39, 0.29) is 55.8 Å². The summed E-state index contributed by atoms with van der Waals surface area (Å²) in [4.78, 5) is 32.8. The van der Waals surface area contributed by atoms with E-state index in [9.17, 15) is 9.59 Å². The van der Waals surface area contributed by atoms with E-state index in [1.807, 2.05) is 29.3 Å². The molecule has 0 radical (unpaired) electrons. The lowest BCUT2D eigenvalue weighted by atomic mass is 10.1. The summed E-state index contributed by atoms with van der Waals surface area (Å²) in [6.07, 6.45) is 0.761. The number of likely N-dealkylation sites (N-methyl/N-ethyl adjacent to an activating group) is 1. The van der Waals surface area contributed by atoms with E-state index in [1.165, 1.54) is 11.1 Å². The fourth-order valence-corrected chi connectivity index (χ4v) is 5.00. The van der Waals surface area contributed by atoms with Crippen molar-refractivity contribution >= 4 is 42.3 Å².